The predicted octanol–water partition coefficient (Wildman–Crippen LogP) is 2.91. The van der Waals surface area contributed by atoms with Crippen molar-refractivity contribution in [2.45, 2.75) is 25.8 Å². The molecule has 0 bridgehead atoms. The lowest BCUT2D eigenvalue weighted by molar-refractivity contribution is 0.398. The fourth-order valence-electron chi connectivity index (χ4n) is 1.24. The van der Waals surface area contributed by atoms with Crippen molar-refractivity contribution in [1.29, 1.82) is 0 Å². The zero-order chi connectivity index (χ0) is 11.3. The minimum Gasteiger partial charge on any atom is -0.481 e. The molecule has 0 aliphatic rings. The maximum absolute atomic E-state index is 5.73. The van der Waals surface area contributed by atoms with Crippen LogP contribution >= 0.6 is 11.6 Å². The third kappa shape index (κ3) is 3.96. The Morgan fingerprint density at radius 1 is 1.47 bits per heavy atom. The molecule has 0 aliphatic carbocycles. The van der Waals surface area contributed by atoms with Gasteiger partial charge < -0.3 is 10.1 Å². The van der Waals surface area contributed by atoms with Crippen molar-refractivity contribution in [3.8, 4) is 5.88 Å². The average molecular weight is 229 g/mol. The van der Waals surface area contributed by atoms with E-state index in [-0.39, 0.29) is 5.54 Å². The van der Waals surface area contributed by atoms with Crippen LogP contribution in [-0.2, 0) is 0 Å². The molecule has 0 atom stereocenters. The zero-order valence-corrected chi connectivity index (χ0v) is 10.1. The Kier molecular flexibility index (Phi) is 4.21. The third-order valence-corrected chi connectivity index (χ3v) is 2.31. The minimum absolute atomic E-state index is 0.0544. The Morgan fingerprint density at radius 2 is 2.20 bits per heavy atom. The molecule has 0 fully saturated rings. The van der Waals surface area contributed by atoms with E-state index in [2.05, 4.69) is 24.1 Å². The largest absolute Gasteiger partial charge is 0.481 e. The molecule has 84 valence electrons. The summed E-state index contributed by atoms with van der Waals surface area (Å²) < 4.78 is 5.05. The molecule has 1 N–H and O–H groups in total. The molecule has 1 heterocycles. The van der Waals surface area contributed by atoms with Crippen molar-refractivity contribution in [3.05, 3.63) is 18.2 Å². The van der Waals surface area contributed by atoms with E-state index >= 15 is 0 Å². The SMILES string of the molecule is COc1cccc(NC(C)(C)CCCl)n1. The first-order valence-electron chi connectivity index (χ1n) is 4.92. The molecule has 0 saturated heterocycles. The molecule has 1 aromatic rings. The normalized spacial score (nSPS) is 11.2. The molecule has 4 heteroatoms. The molecule has 1 aromatic heterocycles. The van der Waals surface area contributed by atoms with Crippen molar-refractivity contribution in [2.75, 3.05) is 18.3 Å². The lowest BCUT2D eigenvalue weighted by atomic mass is 10.0. The zero-order valence-electron chi connectivity index (χ0n) is 9.38. The maximum Gasteiger partial charge on any atom is 0.214 e. The van der Waals surface area contributed by atoms with E-state index in [1.54, 1.807) is 7.11 Å². The van der Waals surface area contributed by atoms with Crippen LogP contribution in [0.5, 0.6) is 5.88 Å². The Balaban J connectivity index is 2.71. The summed E-state index contributed by atoms with van der Waals surface area (Å²) in [5, 5.41) is 3.32. The van der Waals surface area contributed by atoms with E-state index in [0.29, 0.717) is 11.8 Å². The number of hydrogen-bond acceptors (Lipinski definition) is 3. The van der Waals surface area contributed by atoms with Gasteiger partial charge in [0.15, 0.2) is 0 Å². The van der Waals surface area contributed by atoms with Crippen LogP contribution in [-0.4, -0.2) is 23.5 Å². The van der Waals surface area contributed by atoms with E-state index in [1.165, 1.54) is 0 Å². The summed E-state index contributed by atoms with van der Waals surface area (Å²) in [5.74, 6) is 2.05. The van der Waals surface area contributed by atoms with Gasteiger partial charge in [0.05, 0.1) is 7.11 Å². The third-order valence-electron chi connectivity index (χ3n) is 2.12. The number of pyridine rings is 1. The Hall–Kier alpha value is -0.960. The number of hydrogen-bond donors (Lipinski definition) is 1. The van der Waals surface area contributed by atoms with Gasteiger partial charge in [-0.05, 0) is 26.3 Å². The lowest BCUT2D eigenvalue weighted by Gasteiger charge is -2.26. The second-order valence-electron chi connectivity index (χ2n) is 4.01. The number of halogens is 1. The predicted molar refractivity (Wildman–Crippen MR) is 63.8 cm³/mol. The Bertz CT molecular complexity index is 315. The fraction of sp³-hybridized carbons (Fsp3) is 0.545. The molecule has 3 nitrogen and oxygen atoms in total. The summed E-state index contributed by atoms with van der Waals surface area (Å²) in [6, 6.07) is 5.64. The highest BCUT2D eigenvalue weighted by Gasteiger charge is 2.16. The molecule has 1 rings (SSSR count). The number of anilines is 1. The van der Waals surface area contributed by atoms with Crippen molar-refractivity contribution in [3.63, 3.8) is 0 Å². The topological polar surface area (TPSA) is 34.1 Å². The molecule has 0 aromatic carbocycles. The molecular weight excluding hydrogens is 212 g/mol. The van der Waals surface area contributed by atoms with Crippen LogP contribution < -0.4 is 10.1 Å². The summed E-state index contributed by atoms with van der Waals surface area (Å²) in [5.41, 5.74) is -0.0544. The number of nitrogens with one attached hydrogen (secondary N) is 1. The van der Waals surface area contributed by atoms with Gasteiger partial charge in [0.2, 0.25) is 5.88 Å². The fourth-order valence-corrected chi connectivity index (χ4v) is 1.72. The van der Waals surface area contributed by atoms with Crippen molar-refractivity contribution in [2.24, 2.45) is 0 Å². The van der Waals surface area contributed by atoms with Gasteiger partial charge in [-0.25, -0.2) is 0 Å². The van der Waals surface area contributed by atoms with Crippen LogP contribution in [0.3, 0.4) is 0 Å². The first kappa shape index (κ1) is 12.1. The van der Waals surface area contributed by atoms with Crippen LogP contribution in [0.1, 0.15) is 20.3 Å². The van der Waals surface area contributed by atoms with Crippen LogP contribution in [0.4, 0.5) is 5.82 Å². The van der Waals surface area contributed by atoms with Gasteiger partial charge >= 0.3 is 0 Å². The van der Waals surface area contributed by atoms with Crippen LogP contribution in [0.2, 0.25) is 0 Å². The standard InChI is InChI=1S/C11H17ClN2O/c1-11(2,7-8-12)14-9-5-4-6-10(13-9)15-3/h4-6H,7-8H2,1-3H3,(H,13,14). The smallest absolute Gasteiger partial charge is 0.214 e. The Morgan fingerprint density at radius 3 is 2.80 bits per heavy atom. The quantitative estimate of drug-likeness (QED) is 0.787. The number of rotatable bonds is 5. The molecule has 0 spiro atoms. The monoisotopic (exact) mass is 228 g/mol. The molecule has 15 heavy (non-hydrogen) atoms. The molecule has 0 radical (unpaired) electrons. The molecule has 0 amide bonds. The summed E-state index contributed by atoms with van der Waals surface area (Å²) in [6.45, 7) is 4.19. The maximum atomic E-state index is 5.73. The number of ether oxygens (including phenoxy) is 1. The van der Waals surface area contributed by atoms with Gasteiger partial charge in [0.25, 0.3) is 0 Å². The first-order valence-corrected chi connectivity index (χ1v) is 5.46. The van der Waals surface area contributed by atoms with Gasteiger partial charge in [-0.1, -0.05) is 6.07 Å². The highest BCUT2D eigenvalue weighted by molar-refractivity contribution is 6.17. The van der Waals surface area contributed by atoms with Crippen LogP contribution in [0.15, 0.2) is 18.2 Å². The molecule has 0 saturated carbocycles. The van der Waals surface area contributed by atoms with Crippen molar-refractivity contribution in [1.82, 2.24) is 4.98 Å². The highest BCUT2D eigenvalue weighted by atomic mass is 35.5. The number of methoxy groups -OCH3 is 1. The molecular formula is C11H17ClN2O. The van der Waals surface area contributed by atoms with Gasteiger partial charge in [-0.15, -0.1) is 11.6 Å². The number of alkyl halides is 1. The summed E-state index contributed by atoms with van der Waals surface area (Å²) in [7, 11) is 1.61. The number of aromatic nitrogens is 1. The van der Waals surface area contributed by atoms with Crippen molar-refractivity contribution >= 4 is 17.4 Å². The second kappa shape index (κ2) is 5.21. The van der Waals surface area contributed by atoms with Crippen LogP contribution in [0, 0.1) is 0 Å². The minimum atomic E-state index is -0.0544. The van der Waals surface area contributed by atoms with E-state index in [0.717, 1.165) is 12.2 Å². The van der Waals surface area contributed by atoms with E-state index in [9.17, 15) is 0 Å². The second-order valence-corrected chi connectivity index (χ2v) is 4.39. The molecule has 0 aliphatic heterocycles. The van der Waals surface area contributed by atoms with Gasteiger partial charge in [0, 0.05) is 17.5 Å². The summed E-state index contributed by atoms with van der Waals surface area (Å²) in [6.07, 6.45) is 0.882. The molecule has 0 unspecified atom stereocenters. The number of nitrogens with zero attached hydrogens (tertiary/aromatic N) is 1. The van der Waals surface area contributed by atoms with Gasteiger partial charge in [-0.2, -0.15) is 4.98 Å². The summed E-state index contributed by atoms with van der Waals surface area (Å²) >= 11 is 5.73. The van der Waals surface area contributed by atoms with E-state index in [4.69, 9.17) is 16.3 Å². The average Bonchev–Trinajstić information content (AvgIpc) is 2.17. The van der Waals surface area contributed by atoms with Crippen LogP contribution in [0.25, 0.3) is 0 Å². The van der Waals surface area contributed by atoms with E-state index < -0.39 is 0 Å². The van der Waals surface area contributed by atoms with Gasteiger partial charge in [-0.3, -0.25) is 0 Å². The van der Waals surface area contributed by atoms with Gasteiger partial charge in [0.1, 0.15) is 5.82 Å². The first-order chi connectivity index (χ1) is 7.07. The van der Waals surface area contributed by atoms with E-state index in [1.807, 2.05) is 18.2 Å². The Labute approximate surface area is 95.8 Å². The lowest BCUT2D eigenvalue weighted by Crippen LogP contribution is -2.31. The highest BCUT2D eigenvalue weighted by Crippen LogP contribution is 2.18. The summed E-state index contributed by atoms with van der Waals surface area (Å²) in [4.78, 5) is 4.28. The van der Waals surface area contributed by atoms with Crippen molar-refractivity contribution < 1.29 is 4.74 Å².